The standard InChI is InChI=1S/C21H19ClN2O3S2/c22-16-5-3-14(4-6-16)12-23-19(27)10-15-13-24(7-9-26)21-18(20(15)28)11-17(29-21)2-1-8-25/h3-6,11,13,25-26H,7-10,12H2,(H,23,27). The molecular weight excluding hydrogens is 428 g/mol. The van der Waals surface area contributed by atoms with E-state index in [9.17, 15) is 9.90 Å². The number of carbonyl (C=O) groups is 1. The average molecular weight is 447 g/mol. The molecule has 29 heavy (non-hydrogen) atoms. The minimum absolute atomic E-state index is 0.0334. The molecule has 0 atom stereocenters. The summed E-state index contributed by atoms with van der Waals surface area (Å²) in [4.78, 5) is 14.1. The van der Waals surface area contributed by atoms with Gasteiger partial charge in [-0.3, -0.25) is 4.79 Å². The SMILES string of the molecule is O=C(Cc1cn(CCO)c2sc(C#CCO)cc2c1=S)NCc1ccc(Cl)cc1. The highest BCUT2D eigenvalue weighted by molar-refractivity contribution is 7.71. The molecule has 3 N–H and O–H groups in total. The second-order valence-corrected chi connectivity index (χ2v) is 8.15. The maximum atomic E-state index is 12.5. The third kappa shape index (κ3) is 5.44. The number of hydrogen-bond acceptors (Lipinski definition) is 5. The molecule has 0 fully saturated rings. The highest BCUT2D eigenvalue weighted by atomic mass is 35.5. The highest BCUT2D eigenvalue weighted by Crippen LogP contribution is 2.28. The molecule has 1 amide bonds. The molecule has 3 aromatic rings. The number of amides is 1. The molecule has 0 aliphatic rings. The molecule has 0 bridgehead atoms. The van der Waals surface area contributed by atoms with Crippen molar-refractivity contribution in [1.82, 2.24) is 9.88 Å². The van der Waals surface area contributed by atoms with Crippen LogP contribution in [0, 0.1) is 16.4 Å². The highest BCUT2D eigenvalue weighted by Gasteiger charge is 2.13. The molecule has 8 heteroatoms. The van der Waals surface area contributed by atoms with Crippen molar-refractivity contribution in [2.24, 2.45) is 0 Å². The molecule has 5 nitrogen and oxygen atoms in total. The average Bonchev–Trinajstić information content (AvgIpc) is 3.14. The van der Waals surface area contributed by atoms with Gasteiger partial charge >= 0.3 is 0 Å². The Morgan fingerprint density at radius 2 is 2.03 bits per heavy atom. The summed E-state index contributed by atoms with van der Waals surface area (Å²) in [7, 11) is 0. The normalized spacial score (nSPS) is 10.6. The van der Waals surface area contributed by atoms with Gasteiger partial charge in [0.2, 0.25) is 5.91 Å². The van der Waals surface area contributed by atoms with E-state index in [0.717, 1.165) is 20.7 Å². The molecule has 0 spiro atoms. The van der Waals surface area contributed by atoms with E-state index in [1.165, 1.54) is 11.3 Å². The number of rotatable bonds is 6. The number of pyridine rings is 1. The number of fused-ring (bicyclic) bond motifs is 1. The fourth-order valence-corrected chi connectivity index (χ4v) is 4.37. The van der Waals surface area contributed by atoms with Crippen molar-refractivity contribution in [2.45, 2.75) is 19.5 Å². The van der Waals surface area contributed by atoms with Crippen LogP contribution in [0.3, 0.4) is 0 Å². The second kappa shape index (κ2) is 10.0. The first-order valence-electron chi connectivity index (χ1n) is 8.89. The van der Waals surface area contributed by atoms with Gasteiger partial charge in [-0.05, 0) is 29.3 Å². The lowest BCUT2D eigenvalue weighted by molar-refractivity contribution is -0.120. The molecule has 0 aliphatic heterocycles. The van der Waals surface area contributed by atoms with Crippen molar-refractivity contribution in [1.29, 1.82) is 0 Å². The van der Waals surface area contributed by atoms with E-state index >= 15 is 0 Å². The number of halogens is 1. The van der Waals surface area contributed by atoms with Gasteiger partial charge in [0.15, 0.2) is 0 Å². The Hall–Kier alpha value is -2.21. The zero-order chi connectivity index (χ0) is 20.8. The van der Waals surface area contributed by atoms with Crippen molar-refractivity contribution in [3.63, 3.8) is 0 Å². The van der Waals surface area contributed by atoms with Crippen LogP contribution in [0.5, 0.6) is 0 Å². The van der Waals surface area contributed by atoms with Crippen LogP contribution in [0.25, 0.3) is 10.2 Å². The fourth-order valence-electron chi connectivity index (χ4n) is 2.86. The van der Waals surface area contributed by atoms with Crippen LogP contribution in [-0.2, 0) is 24.3 Å². The Labute approximate surface area is 182 Å². The zero-order valence-corrected chi connectivity index (χ0v) is 17.8. The number of benzene rings is 1. The third-order valence-corrected chi connectivity index (χ3v) is 6.03. The van der Waals surface area contributed by atoms with Gasteiger partial charge in [0.25, 0.3) is 0 Å². The van der Waals surface area contributed by atoms with Crippen molar-refractivity contribution in [2.75, 3.05) is 13.2 Å². The lowest BCUT2D eigenvalue weighted by atomic mass is 10.1. The van der Waals surface area contributed by atoms with Crippen LogP contribution in [0.4, 0.5) is 0 Å². The van der Waals surface area contributed by atoms with Crippen LogP contribution in [0.1, 0.15) is 16.0 Å². The van der Waals surface area contributed by atoms with Crippen molar-refractivity contribution < 1.29 is 15.0 Å². The number of aliphatic hydroxyl groups is 2. The number of nitrogens with zero attached hydrogens (tertiary/aromatic N) is 1. The van der Waals surface area contributed by atoms with Crippen LogP contribution in [0.15, 0.2) is 36.5 Å². The molecule has 1 aromatic carbocycles. The van der Waals surface area contributed by atoms with Gasteiger partial charge in [0.1, 0.15) is 11.4 Å². The molecule has 0 saturated carbocycles. The van der Waals surface area contributed by atoms with E-state index in [4.69, 9.17) is 28.9 Å². The van der Waals surface area contributed by atoms with E-state index in [1.54, 1.807) is 12.1 Å². The molecule has 0 aliphatic carbocycles. The van der Waals surface area contributed by atoms with E-state index < -0.39 is 0 Å². The number of aromatic nitrogens is 1. The molecule has 2 heterocycles. The number of nitrogens with one attached hydrogen (secondary N) is 1. The first-order valence-corrected chi connectivity index (χ1v) is 10.5. The molecule has 0 radical (unpaired) electrons. The summed E-state index contributed by atoms with van der Waals surface area (Å²) in [6.07, 6.45) is 1.96. The largest absolute Gasteiger partial charge is 0.395 e. The van der Waals surface area contributed by atoms with Gasteiger partial charge in [-0.25, -0.2) is 0 Å². The third-order valence-electron chi connectivity index (χ3n) is 4.21. The van der Waals surface area contributed by atoms with Gasteiger partial charge in [0, 0.05) is 29.7 Å². The minimum atomic E-state index is -0.218. The van der Waals surface area contributed by atoms with Crippen LogP contribution < -0.4 is 5.32 Å². The Balaban J connectivity index is 1.84. The molecule has 2 aromatic heterocycles. The number of aliphatic hydroxyl groups excluding tert-OH is 2. The minimum Gasteiger partial charge on any atom is -0.395 e. The lowest BCUT2D eigenvalue weighted by Crippen LogP contribution is -2.25. The summed E-state index contributed by atoms with van der Waals surface area (Å²) in [5, 5.41) is 22.7. The summed E-state index contributed by atoms with van der Waals surface area (Å²) in [6.45, 7) is 0.541. The van der Waals surface area contributed by atoms with E-state index in [2.05, 4.69) is 17.2 Å². The van der Waals surface area contributed by atoms with Gasteiger partial charge < -0.3 is 20.1 Å². The Kier molecular flexibility index (Phi) is 7.42. The summed E-state index contributed by atoms with van der Waals surface area (Å²) in [6, 6.07) is 9.16. The molecule has 150 valence electrons. The van der Waals surface area contributed by atoms with Crippen LogP contribution in [0.2, 0.25) is 5.02 Å². The Morgan fingerprint density at radius 1 is 1.28 bits per heavy atom. The topological polar surface area (TPSA) is 74.5 Å². The van der Waals surface area contributed by atoms with Gasteiger partial charge in [-0.15, -0.1) is 11.3 Å². The lowest BCUT2D eigenvalue weighted by Gasteiger charge is -2.11. The smallest absolute Gasteiger partial charge is 0.224 e. The number of hydrogen-bond donors (Lipinski definition) is 3. The Morgan fingerprint density at radius 3 is 2.72 bits per heavy atom. The van der Waals surface area contributed by atoms with Crippen molar-refractivity contribution in [3.8, 4) is 11.8 Å². The van der Waals surface area contributed by atoms with Gasteiger partial charge in [-0.1, -0.05) is 47.8 Å². The predicted octanol–water partition coefficient (Wildman–Crippen LogP) is 3.28. The number of carbonyl (C=O) groups excluding carboxylic acids is 1. The number of thiophene rings is 1. The van der Waals surface area contributed by atoms with E-state index in [1.807, 2.05) is 29.0 Å². The van der Waals surface area contributed by atoms with Crippen molar-refractivity contribution in [3.05, 3.63) is 62.1 Å². The molecule has 0 saturated heterocycles. The molecule has 3 rings (SSSR count). The fraction of sp³-hybridized carbons (Fsp3) is 0.238. The van der Waals surface area contributed by atoms with E-state index in [-0.39, 0.29) is 25.5 Å². The summed E-state index contributed by atoms with van der Waals surface area (Å²) < 4.78 is 2.49. The first-order chi connectivity index (χ1) is 14.0. The quantitative estimate of drug-likeness (QED) is 0.401. The van der Waals surface area contributed by atoms with E-state index in [0.29, 0.717) is 28.2 Å². The van der Waals surface area contributed by atoms with Gasteiger partial charge in [0.05, 0.1) is 22.4 Å². The summed E-state index contributed by atoms with van der Waals surface area (Å²) in [5.74, 6) is 5.38. The summed E-state index contributed by atoms with van der Waals surface area (Å²) >= 11 is 12.9. The van der Waals surface area contributed by atoms with Crippen molar-refractivity contribution >= 4 is 51.3 Å². The monoisotopic (exact) mass is 446 g/mol. The van der Waals surface area contributed by atoms with Crippen LogP contribution in [-0.4, -0.2) is 33.9 Å². The summed E-state index contributed by atoms with van der Waals surface area (Å²) in [5.41, 5.74) is 1.67. The maximum Gasteiger partial charge on any atom is 0.224 e. The maximum absolute atomic E-state index is 12.5. The predicted molar refractivity (Wildman–Crippen MR) is 119 cm³/mol. The molecule has 0 unspecified atom stereocenters. The second-order valence-electron chi connectivity index (χ2n) is 6.27. The van der Waals surface area contributed by atoms with Crippen LogP contribution >= 0.6 is 35.2 Å². The van der Waals surface area contributed by atoms with Gasteiger partial charge in [-0.2, -0.15) is 0 Å². The molecular formula is C21H19ClN2O3S2. The first kappa shape index (κ1) is 21.5. The Bertz CT molecular complexity index is 1140. The zero-order valence-electron chi connectivity index (χ0n) is 15.4.